The first-order valence-corrected chi connectivity index (χ1v) is 5.41. The van der Waals surface area contributed by atoms with Crippen LogP contribution in [0.25, 0.3) is 0 Å². The normalized spacial score (nSPS) is 24.6. The van der Waals surface area contributed by atoms with E-state index < -0.39 is 0 Å². The molecular weight excluding hydrogens is 182 g/mol. The van der Waals surface area contributed by atoms with Gasteiger partial charge < -0.3 is 19.9 Å². The lowest BCUT2D eigenvalue weighted by Crippen LogP contribution is -2.48. The predicted octanol–water partition coefficient (Wildman–Crippen LogP) is -0.238. The van der Waals surface area contributed by atoms with E-state index in [1.165, 1.54) is 12.8 Å². The van der Waals surface area contributed by atoms with E-state index in [1.54, 1.807) is 0 Å². The lowest BCUT2D eigenvalue weighted by molar-refractivity contribution is -0.0175. The van der Waals surface area contributed by atoms with Crippen LogP contribution >= 0.6 is 0 Å². The van der Waals surface area contributed by atoms with Gasteiger partial charge in [-0.15, -0.1) is 0 Å². The summed E-state index contributed by atoms with van der Waals surface area (Å²) in [6.45, 7) is 3.44. The number of aliphatic hydroxyl groups excluding tert-OH is 1. The highest BCUT2D eigenvalue weighted by atomic mass is 16.5. The smallest absolute Gasteiger partial charge is 0.0897 e. The molecule has 2 N–H and O–H groups in total. The van der Waals surface area contributed by atoms with E-state index in [9.17, 15) is 5.11 Å². The lowest BCUT2D eigenvalue weighted by atomic mass is 10.2. The Bertz CT molecular complexity index is 169. The van der Waals surface area contributed by atoms with Crippen molar-refractivity contribution in [2.45, 2.75) is 25.0 Å². The fourth-order valence-corrected chi connectivity index (χ4v) is 1.37. The topological polar surface area (TPSA) is 50.7 Å². The molecule has 2 aliphatic rings. The molecule has 0 aromatic heterocycles. The van der Waals surface area contributed by atoms with E-state index in [4.69, 9.17) is 9.47 Å². The number of nitrogens with one attached hydrogen (secondary N) is 1. The molecule has 1 saturated carbocycles. The van der Waals surface area contributed by atoms with Gasteiger partial charge in [-0.05, 0) is 18.8 Å². The van der Waals surface area contributed by atoms with E-state index in [0.717, 1.165) is 25.7 Å². The van der Waals surface area contributed by atoms with Crippen molar-refractivity contribution in [1.82, 2.24) is 5.32 Å². The molecule has 14 heavy (non-hydrogen) atoms. The molecule has 0 spiro atoms. The van der Waals surface area contributed by atoms with E-state index in [0.29, 0.717) is 19.2 Å². The molecule has 82 valence electrons. The summed E-state index contributed by atoms with van der Waals surface area (Å²) in [5.41, 5.74) is 0. The highest BCUT2D eigenvalue weighted by molar-refractivity contribution is 4.75. The minimum absolute atomic E-state index is 0.380. The van der Waals surface area contributed by atoms with Crippen molar-refractivity contribution in [3.63, 3.8) is 0 Å². The van der Waals surface area contributed by atoms with Gasteiger partial charge in [-0.2, -0.15) is 0 Å². The third-order valence-electron chi connectivity index (χ3n) is 2.64. The first-order valence-electron chi connectivity index (χ1n) is 5.41. The van der Waals surface area contributed by atoms with E-state index in [2.05, 4.69) is 5.32 Å². The number of rotatable bonds is 7. The summed E-state index contributed by atoms with van der Waals surface area (Å²) in [4.78, 5) is 0. The average molecular weight is 201 g/mol. The fourth-order valence-electron chi connectivity index (χ4n) is 1.37. The molecule has 1 saturated heterocycles. The zero-order valence-electron chi connectivity index (χ0n) is 8.45. The highest BCUT2D eigenvalue weighted by Gasteiger charge is 2.22. The molecule has 1 unspecified atom stereocenters. The summed E-state index contributed by atoms with van der Waals surface area (Å²) in [6, 6.07) is 0.438. The van der Waals surface area contributed by atoms with Gasteiger partial charge in [-0.25, -0.2) is 0 Å². The zero-order chi connectivity index (χ0) is 9.80. The number of hydrogen-bond donors (Lipinski definition) is 2. The number of aliphatic hydroxyl groups is 1. The predicted molar refractivity (Wildman–Crippen MR) is 52.2 cm³/mol. The first kappa shape index (κ1) is 10.4. The minimum atomic E-state index is -0.380. The van der Waals surface area contributed by atoms with Crippen LogP contribution < -0.4 is 5.32 Å². The Hall–Kier alpha value is -0.160. The molecule has 0 aromatic carbocycles. The number of ether oxygens (including phenoxy) is 2. The van der Waals surface area contributed by atoms with Crippen molar-refractivity contribution < 1.29 is 14.6 Å². The third-order valence-corrected chi connectivity index (χ3v) is 2.64. The van der Waals surface area contributed by atoms with Gasteiger partial charge in [0.2, 0.25) is 0 Å². The molecule has 1 atom stereocenters. The summed E-state index contributed by atoms with van der Waals surface area (Å²) >= 11 is 0. The van der Waals surface area contributed by atoms with Crippen molar-refractivity contribution in [3.8, 4) is 0 Å². The maximum atomic E-state index is 9.52. The Kier molecular flexibility index (Phi) is 3.75. The van der Waals surface area contributed by atoms with E-state index in [-0.39, 0.29) is 6.10 Å². The molecule has 0 aromatic rings. The van der Waals surface area contributed by atoms with Crippen LogP contribution in [0.3, 0.4) is 0 Å². The van der Waals surface area contributed by atoms with Crippen LogP contribution in [-0.4, -0.2) is 50.2 Å². The first-order chi connectivity index (χ1) is 6.84. The molecule has 0 radical (unpaired) electrons. The molecule has 1 aliphatic carbocycles. The average Bonchev–Trinajstić information content (AvgIpc) is 2.85. The molecular formula is C10H19NO3. The van der Waals surface area contributed by atoms with E-state index >= 15 is 0 Å². The number of hydrogen-bond acceptors (Lipinski definition) is 4. The molecule has 2 rings (SSSR count). The minimum Gasteiger partial charge on any atom is -0.389 e. The Morgan fingerprint density at radius 2 is 2.21 bits per heavy atom. The second-order valence-corrected chi connectivity index (χ2v) is 4.28. The molecule has 0 bridgehead atoms. The molecule has 1 heterocycles. The zero-order valence-corrected chi connectivity index (χ0v) is 8.45. The second-order valence-electron chi connectivity index (χ2n) is 4.28. The van der Waals surface area contributed by atoms with Crippen LogP contribution in [0.15, 0.2) is 0 Å². The highest BCUT2D eigenvalue weighted by Crippen LogP contribution is 2.28. The second kappa shape index (κ2) is 5.07. The van der Waals surface area contributed by atoms with Gasteiger partial charge in [0.15, 0.2) is 0 Å². The quantitative estimate of drug-likeness (QED) is 0.597. The van der Waals surface area contributed by atoms with Crippen LogP contribution in [0.2, 0.25) is 0 Å². The summed E-state index contributed by atoms with van der Waals surface area (Å²) in [5.74, 6) is 0.773. The maximum absolute atomic E-state index is 9.52. The van der Waals surface area contributed by atoms with Gasteiger partial charge >= 0.3 is 0 Å². The van der Waals surface area contributed by atoms with Crippen molar-refractivity contribution in [3.05, 3.63) is 0 Å². The fraction of sp³-hybridized carbons (Fsp3) is 1.00. The standard InChI is InChI=1S/C10H19NO3/c12-10(3-11-9-5-14-6-9)7-13-4-8-1-2-8/h8-12H,1-7H2. The van der Waals surface area contributed by atoms with Gasteiger partial charge in [-0.1, -0.05) is 0 Å². The lowest BCUT2D eigenvalue weighted by Gasteiger charge is -2.27. The summed E-state index contributed by atoms with van der Waals surface area (Å²) < 4.78 is 10.4. The third kappa shape index (κ3) is 3.53. The Balaban J connectivity index is 1.42. The SMILES string of the molecule is OC(CNC1COC1)COCC1CC1. The summed E-state index contributed by atoms with van der Waals surface area (Å²) in [7, 11) is 0. The molecule has 2 fully saturated rings. The summed E-state index contributed by atoms with van der Waals surface area (Å²) in [5, 5.41) is 12.7. The van der Waals surface area contributed by atoms with Gasteiger partial charge in [0.1, 0.15) is 0 Å². The maximum Gasteiger partial charge on any atom is 0.0897 e. The van der Waals surface area contributed by atoms with Crippen molar-refractivity contribution in [2.24, 2.45) is 5.92 Å². The molecule has 0 amide bonds. The monoisotopic (exact) mass is 201 g/mol. The van der Waals surface area contributed by atoms with Gasteiger partial charge in [-0.3, -0.25) is 0 Å². The van der Waals surface area contributed by atoms with Crippen LogP contribution in [0.5, 0.6) is 0 Å². The molecule has 4 nitrogen and oxygen atoms in total. The van der Waals surface area contributed by atoms with Crippen molar-refractivity contribution >= 4 is 0 Å². The summed E-state index contributed by atoms with van der Waals surface area (Å²) in [6.07, 6.45) is 2.22. The Morgan fingerprint density at radius 1 is 1.43 bits per heavy atom. The largest absolute Gasteiger partial charge is 0.389 e. The molecule has 4 heteroatoms. The van der Waals surface area contributed by atoms with Crippen LogP contribution in [-0.2, 0) is 9.47 Å². The van der Waals surface area contributed by atoms with Crippen molar-refractivity contribution in [2.75, 3.05) is 33.0 Å². The Morgan fingerprint density at radius 3 is 2.79 bits per heavy atom. The van der Waals surface area contributed by atoms with Gasteiger partial charge in [0.05, 0.1) is 32.0 Å². The van der Waals surface area contributed by atoms with E-state index in [1.807, 2.05) is 0 Å². The van der Waals surface area contributed by atoms with Crippen LogP contribution in [0.1, 0.15) is 12.8 Å². The molecule has 1 aliphatic heterocycles. The van der Waals surface area contributed by atoms with Crippen LogP contribution in [0, 0.1) is 5.92 Å². The Labute approximate surface area is 84.6 Å². The van der Waals surface area contributed by atoms with Gasteiger partial charge in [0, 0.05) is 13.2 Å². The van der Waals surface area contributed by atoms with Crippen LogP contribution in [0.4, 0.5) is 0 Å². The van der Waals surface area contributed by atoms with Crippen molar-refractivity contribution in [1.29, 1.82) is 0 Å². The van der Waals surface area contributed by atoms with Gasteiger partial charge in [0.25, 0.3) is 0 Å².